The second-order valence-corrected chi connectivity index (χ2v) is 6.88. The molecule has 4 rings (SSSR count). The summed E-state index contributed by atoms with van der Waals surface area (Å²) in [6.45, 7) is 6.43. The Labute approximate surface area is 151 Å². The van der Waals surface area contributed by atoms with Gasteiger partial charge in [-0.3, -0.25) is 0 Å². The molecule has 0 radical (unpaired) electrons. The molecule has 2 heterocycles. The molecule has 1 saturated heterocycles. The third-order valence-electron chi connectivity index (χ3n) is 4.61. The monoisotopic (exact) mass is 358 g/mol. The fraction of sp³-hybridized carbons (Fsp3) is 0.316. The number of aryl methyl sites for hydroxylation is 1. The highest BCUT2D eigenvalue weighted by Crippen LogP contribution is 2.26. The van der Waals surface area contributed by atoms with Gasteiger partial charge in [-0.15, -0.1) is 0 Å². The van der Waals surface area contributed by atoms with Crippen molar-refractivity contribution < 1.29 is 4.39 Å². The number of hydrogen-bond acceptors (Lipinski definition) is 3. The highest BCUT2D eigenvalue weighted by Gasteiger charge is 2.19. The molecule has 0 saturated carbocycles. The van der Waals surface area contributed by atoms with Crippen LogP contribution in [0.25, 0.3) is 11.0 Å². The fourth-order valence-electron chi connectivity index (χ4n) is 3.30. The number of aromatic nitrogens is 2. The first-order valence-corrected chi connectivity index (χ1v) is 8.86. The summed E-state index contributed by atoms with van der Waals surface area (Å²) in [5.74, 6) is 0.571. The molecule has 3 aromatic rings. The maximum atomic E-state index is 13.5. The molecule has 0 atom stereocenters. The lowest BCUT2D eigenvalue weighted by molar-refractivity contribution is 0.571. The molecule has 0 bridgehead atoms. The van der Waals surface area contributed by atoms with Gasteiger partial charge in [0.1, 0.15) is 5.82 Å². The van der Waals surface area contributed by atoms with Gasteiger partial charge in [0.2, 0.25) is 5.95 Å². The minimum absolute atomic E-state index is 0.154. The maximum absolute atomic E-state index is 13.5. The maximum Gasteiger partial charge on any atom is 0.206 e. The van der Waals surface area contributed by atoms with Crippen LogP contribution in [0.2, 0.25) is 5.02 Å². The van der Waals surface area contributed by atoms with E-state index in [0.717, 1.165) is 48.7 Å². The molecule has 1 fully saturated rings. The summed E-state index contributed by atoms with van der Waals surface area (Å²) in [4.78, 5) is 7.17. The molecule has 25 heavy (non-hydrogen) atoms. The lowest BCUT2D eigenvalue weighted by Gasteiger charge is -2.29. The molecule has 6 heteroatoms. The van der Waals surface area contributed by atoms with Crippen molar-refractivity contribution in [1.29, 1.82) is 0 Å². The molecule has 130 valence electrons. The third-order valence-corrected chi connectivity index (χ3v) is 4.90. The summed E-state index contributed by atoms with van der Waals surface area (Å²) in [5.41, 5.74) is 4.22. The molecule has 0 amide bonds. The number of rotatable bonds is 3. The first-order valence-electron chi connectivity index (χ1n) is 8.48. The molecule has 1 aliphatic heterocycles. The van der Waals surface area contributed by atoms with Crippen LogP contribution in [0.5, 0.6) is 0 Å². The van der Waals surface area contributed by atoms with E-state index in [-0.39, 0.29) is 10.8 Å². The van der Waals surface area contributed by atoms with Crippen LogP contribution in [0, 0.1) is 12.7 Å². The van der Waals surface area contributed by atoms with Crippen LogP contribution in [0.15, 0.2) is 36.4 Å². The van der Waals surface area contributed by atoms with E-state index in [4.69, 9.17) is 16.6 Å². The predicted molar refractivity (Wildman–Crippen MR) is 100 cm³/mol. The van der Waals surface area contributed by atoms with Gasteiger partial charge in [-0.2, -0.15) is 0 Å². The molecule has 1 aliphatic rings. The summed E-state index contributed by atoms with van der Waals surface area (Å²) in [7, 11) is 0. The van der Waals surface area contributed by atoms with Crippen molar-refractivity contribution >= 4 is 28.6 Å². The van der Waals surface area contributed by atoms with Gasteiger partial charge in [0.05, 0.1) is 22.6 Å². The number of benzene rings is 2. The predicted octanol–water partition coefficient (Wildman–Crippen LogP) is 3.60. The summed E-state index contributed by atoms with van der Waals surface area (Å²) >= 11 is 5.97. The Morgan fingerprint density at radius 1 is 1.16 bits per heavy atom. The van der Waals surface area contributed by atoms with Gasteiger partial charge in [0.25, 0.3) is 0 Å². The van der Waals surface area contributed by atoms with E-state index in [0.29, 0.717) is 6.54 Å². The Morgan fingerprint density at radius 3 is 2.72 bits per heavy atom. The molecular weight excluding hydrogens is 339 g/mol. The van der Waals surface area contributed by atoms with Crippen LogP contribution in [-0.4, -0.2) is 35.7 Å². The van der Waals surface area contributed by atoms with Crippen LogP contribution in [0.1, 0.15) is 11.1 Å². The summed E-state index contributed by atoms with van der Waals surface area (Å²) in [5, 5.41) is 3.53. The lowest BCUT2D eigenvalue weighted by Crippen LogP contribution is -2.44. The number of nitrogens with zero attached hydrogens (tertiary/aromatic N) is 3. The fourth-order valence-corrected chi connectivity index (χ4v) is 3.51. The van der Waals surface area contributed by atoms with E-state index in [9.17, 15) is 4.39 Å². The van der Waals surface area contributed by atoms with Crippen molar-refractivity contribution in [2.24, 2.45) is 0 Å². The minimum atomic E-state index is -0.390. The highest BCUT2D eigenvalue weighted by atomic mass is 35.5. The Hall–Kier alpha value is -2.11. The van der Waals surface area contributed by atoms with Gasteiger partial charge >= 0.3 is 0 Å². The Kier molecular flexibility index (Phi) is 4.36. The van der Waals surface area contributed by atoms with Crippen LogP contribution in [-0.2, 0) is 6.54 Å². The van der Waals surface area contributed by atoms with E-state index < -0.39 is 0 Å². The molecule has 1 N–H and O–H groups in total. The van der Waals surface area contributed by atoms with Gasteiger partial charge in [-0.05, 0) is 42.3 Å². The Balaban J connectivity index is 1.80. The first kappa shape index (κ1) is 16.4. The van der Waals surface area contributed by atoms with Crippen molar-refractivity contribution in [2.45, 2.75) is 13.5 Å². The molecule has 1 aromatic heterocycles. The first-order chi connectivity index (χ1) is 12.1. The van der Waals surface area contributed by atoms with Gasteiger partial charge in [0, 0.05) is 26.2 Å². The smallest absolute Gasteiger partial charge is 0.206 e. The molecule has 0 aliphatic carbocycles. The lowest BCUT2D eigenvalue weighted by atomic mass is 10.2. The quantitative estimate of drug-likeness (QED) is 0.776. The molecular formula is C19H20ClFN4. The zero-order valence-corrected chi connectivity index (χ0v) is 14.9. The second kappa shape index (κ2) is 6.65. The number of hydrogen-bond donors (Lipinski definition) is 1. The standard InChI is InChI=1S/C19H20ClFN4/c1-13-2-5-17-18(10-13)25(12-14-3-4-16(21)15(20)11-14)19(23-17)24-8-6-22-7-9-24/h2-5,10-11,22H,6-9,12H2,1H3. The molecule has 4 nitrogen and oxygen atoms in total. The Morgan fingerprint density at radius 2 is 1.96 bits per heavy atom. The van der Waals surface area contributed by atoms with Gasteiger partial charge in [0.15, 0.2) is 0 Å². The van der Waals surface area contributed by atoms with Crippen LogP contribution < -0.4 is 10.2 Å². The molecule has 2 aromatic carbocycles. The van der Waals surface area contributed by atoms with E-state index in [1.54, 1.807) is 12.1 Å². The summed E-state index contributed by atoms with van der Waals surface area (Å²) in [6.07, 6.45) is 0. The number of nitrogens with one attached hydrogen (secondary N) is 1. The number of piperazine rings is 1. The SMILES string of the molecule is Cc1ccc2nc(N3CCNCC3)n(Cc3ccc(F)c(Cl)c3)c2c1. The van der Waals surface area contributed by atoms with Gasteiger partial charge < -0.3 is 14.8 Å². The zero-order valence-electron chi connectivity index (χ0n) is 14.1. The average Bonchev–Trinajstić information content (AvgIpc) is 2.97. The average molecular weight is 359 g/mol. The largest absolute Gasteiger partial charge is 0.340 e. The van der Waals surface area contributed by atoms with E-state index in [1.807, 2.05) is 0 Å². The second-order valence-electron chi connectivity index (χ2n) is 6.48. The van der Waals surface area contributed by atoms with E-state index in [2.05, 4.69) is 39.9 Å². The van der Waals surface area contributed by atoms with E-state index >= 15 is 0 Å². The topological polar surface area (TPSA) is 33.1 Å². The van der Waals surface area contributed by atoms with Crippen molar-refractivity contribution in [3.05, 3.63) is 58.4 Å². The Bertz CT molecular complexity index is 915. The summed E-state index contributed by atoms with van der Waals surface area (Å²) in [6, 6.07) is 11.2. The number of anilines is 1. The van der Waals surface area contributed by atoms with E-state index in [1.165, 1.54) is 11.6 Å². The normalized spacial score (nSPS) is 15.1. The van der Waals surface area contributed by atoms with Crippen LogP contribution in [0.4, 0.5) is 10.3 Å². The number of halogens is 2. The van der Waals surface area contributed by atoms with Gasteiger partial charge in [-0.25, -0.2) is 9.37 Å². The molecule has 0 unspecified atom stereocenters. The van der Waals surface area contributed by atoms with Gasteiger partial charge in [-0.1, -0.05) is 23.7 Å². The van der Waals surface area contributed by atoms with Crippen molar-refractivity contribution in [3.63, 3.8) is 0 Å². The van der Waals surface area contributed by atoms with Crippen molar-refractivity contribution in [2.75, 3.05) is 31.1 Å². The minimum Gasteiger partial charge on any atom is -0.340 e. The number of fused-ring (bicyclic) bond motifs is 1. The van der Waals surface area contributed by atoms with Crippen LogP contribution >= 0.6 is 11.6 Å². The zero-order chi connectivity index (χ0) is 17.4. The van der Waals surface area contributed by atoms with Crippen molar-refractivity contribution in [1.82, 2.24) is 14.9 Å². The van der Waals surface area contributed by atoms with Crippen molar-refractivity contribution in [3.8, 4) is 0 Å². The third kappa shape index (κ3) is 3.22. The van der Waals surface area contributed by atoms with Crippen LogP contribution in [0.3, 0.4) is 0 Å². The highest BCUT2D eigenvalue weighted by molar-refractivity contribution is 6.30. The number of imidazole rings is 1. The molecule has 0 spiro atoms. The summed E-state index contributed by atoms with van der Waals surface area (Å²) < 4.78 is 15.7.